The fourth-order valence-electron chi connectivity index (χ4n) is 3.69. The lowest BCUT2D eigenvalue weighted by molar-refractivity contribution is 0.122. The summed E-state index contributed by atoms with van der Waals surface area (Å²) in [5.41, 5.74) is 3.74. The van der Waals surface area contributed by atoms with Crippen molar-refractivity contribution in [2.75, 3.05) is 43.6 Å². The van der Waals surface area contributed by atoms with E-state index in [0.717, 1.165) is 48.8 Å². The Bertz CT molecular complexity index is 1100. The van der Waals surface area contributed by atoms with Crippen molar-refractivity contribution in [1.29, 1.82) is 0 Å². The maximum absolute atomic E-state index is 6.58. The summed E-state index contributed by atoms with van der Waals surface area (Å²) < 4.78 is 17.1. The molecule has 1 fully saturated rings. The molecule has 0 amide bonds. The van der Waals surface area contributed by atoms with Gasteiger partial charge in [0.15, 0.2) is 11.5 Å². The Balaban J connectivity index is 1.47. The maximum Gasteiger partial charge on any atom is 0.166 e. The number of hydrogen-bond acceptors (Lipinski definition) is 5. The third kappa shape index (κ3) is 5.98. The van der Waals surface area contributed by atoms with Crippen molar-refractivity contribution in [2.24, 2.45) is 0 Å². The number of nitrogens with zero attached hydrogens (tertiary/aromatic N) is 1. The predicted molar refractivity (Wildman–Crippen MR) is 136 cm³/mol. The van der Waals surface area contributed by atoms with Crippen LogP contribution in [0.4, 0.5) is 11.4 Å². The molecule has 0 unspecified atom stereocenters. The molecule has 1 aliphatic rings. The minimum atomic E-state index is 0.295. The van der Waals surface area contributed by atoms with E-state index < -0.39 is 0 Å². The molecule has 0 bridgehead atoms. The van der Waals surface area contributed by atoms with Gasteiger partial charge in [0.25, 0.3) is 0 Å². The molecule has 174 valence electrons. The monoisotopic (exact) mass is 506 g/mol. The molecule has 1 heterocycles. The lowest BCUT2D eigenvalue weighted by Gasteiger charge is -2.29. The van der Waals surface area contributed by atoms with Crippen molar-refractivity contribution in [3.8, 4) is 11.5 Å². The number of para-hydroxylation sites is 1. The van der Waals surface area contributed by atoms with Crippen LogP contribution in [0.15, 0.2) is 54.6 Å². The van der Waals surface area contributed by atoms with Crippen LogP contribution in [0.2, 0.25) is 15.1 Å². The van der Waals surface area contributed by atoms with Crippen LogP contribution in [-0.2, 0) is 17.9 Å². The van der Waals surface area contributed by atoms with Gasteiger partial charge in [0.05, 0.1) is 31.0 Å². The summed E-state index contributed by atoms with van der Waals surface area (Å²) in [4.78, 5) is 2.24. The van der Waals surface area contributed by atoms with E-state index in [1.165, 1.54) is 0 Å². The summed E-state index contributed by atoms with van der Waals surface area (Å²) in [7, 11) is 1.62. The molecule has 8 heteroatoms. The zero-order valence-corrected chi connectivity index (χ0v) is 20.5. The van der Waals surface area contributed by atoms with Crippen LogP contribution in [0.5, 0.6) is 11.5 Å². The molecule has 1 saturated heterocycles. The molecule has 0 aliphatic carbocycles. The Labute approximate surface area is 209 Å². The summed E-state index contributed by atoms with van der Waals surface area (Å²) in [5, 5.41) is 5.29. The number of nitrogens with one attached hydrogen (secondary N) is 1. The number of hydrogen-bond donors (Lipinski definition) is 1. The molecule has 0 atom stereocenters. The number of morpholine rings is 1. The van der Waals surface area contributed by atoms with Gasteiger partial charge in [-0.2, -0.15) is 0 Å². The van der Waals surface area contributed by atoms with E-state index in [9.17, 15) is 0 Å². The van der Waals surface area contributed by atoms with Gasteiger partial charge >= 0.3 is 0 Å². The van der Waals surface area contributed by atoms with Gasteiger partial charge in [-0.15, -0.1) is 0 Å². The average Bonchev–Trinajstić information content (AvgIpc) is 2.83. The standard InChI is InChI=1S/C25H25Cl3N2O3/c1-31-24-4-2-3-17(25(24)33-16-18-5-6-19(26)13-21(18)27)15-29-20-7-8-23(22(28)14-20)30-9-11-32-12-10-30/h2-8,13-14,29H,9-12,15-16H2,1H3. The highest BCUT2D eigenvalue weighted by molar-refractivity contribution is 6.35. The van der Waals surface area contributed by atoms with Crippen molar-refractivity contribution in [3.05, 3.63) is 80.8 Å². The Kier molecular flexibility index (Phi) is 8.10. The van der Waals surface area contributed by atoms with Crippen LogP contribution in [0.1, 0.15) is 11.1 Å². The fourth-order valence-corrected chi connectivity index (χ4v) is 4.45. The molecule has 0 radical (unpaired) electrons. The van der Waals surface area contributed by atoms with E-state index in [4.69, 9.17) is 49.0 Å². The molecule has 3 aromatic carbocycles. The second-order valence-electron chi connectivity index (χ2n) is 7.59. The number of ether oxygens (including phenoxy) is 3. The minimum Gasteiger partial charge on any atom is -0.493 e. The molecule has 4 rings (SSSR count). The van der Waals surface area contributed by atoms with Gasteiger partial charge in [0, 0.05) is 46.5 Å². The second-order valence-corrected chi connectivity index (χ2v) is 8.84. The first-order valence-electron chi connectivity index (χ1n) is 10.6. The SMILES string of the molecule is COc1cccc(CNc2ccc(N3CCOCC3)c(Cl)c2)c1OCc1ccc(Cl)cc1Cl. The molecule has 0 aromatic heterocycles. The van der Waals surface area contributed by atoms with Gasteiger partial charge in [0.1, 0.15) is 6.61 Å². The number of halogens is 3. The van der Waals surface area contributed by atoms with E-state index in [-0.39, 0.29) is 0 Å². The Morgan fingerprint density at radius 2 is 1.76 bits per heavy atom. The van der Waals surface area contributed by atoms with Crippen LogP contribution >= 0.6 is 34.8 Å². The van der Waals surface area contributed by atoms with Crippen LogP contribution in [0, 0.1) is 0 Å². The van der Waals surface area contributed by atoms with Crippen LogP contribution < -0.4 is 19.7 Å². The minimum absolute atomic E-state index is 0.295. The molecule has 33 heavy (non-hydrogen) atoms. The van der Waals surface area contributed by atoms with E-state index in [0.29, 0.717) is 39.7 Å². The Morgan fingerprint density at radius 1 is 0.939 bits per heavy atom. The fraction of sp³-hybridized carbons (Fsp3) is 0.280. The Morgan fingerprint density at radius 3 is 2.48 bits per heavy atom. The van der Waals surface area contributed by atoms with Crippen molar-refractivity contribution in [2.45, 2.75) is 13.2 Å². The molecular formula is C25H25Cl3N2O3. The summed E-state index contributed by atoms with van der Waals surface area (Å²) in [6.07, 6.45) is 0. The van der Waals surface area contributed by atoms with E-state index in [2.05, 4.69) is 10.2 Å². The summed E-state index contributed by atoms with van der Waals surface area (Å²) >= 11 is 18.9. The third-order valence-corrected chi connectivity index (χ3v) is 6.34. The van der Waals surface area contributed by atoms with Gasteiger partial charge in [-0.3, -0.25) is 0 Å². The lowest BCUT2D eigenvalue weighted by Crippen LogP contribution is -2.36. The summed E-state index contributed by atoms with van der Waals surface area (Å²) in [5.74, 6) is 1.31. The quantitative estimate of drug-likeness (QED) is 0.368. The van der Waals surface area contributed by atoms with Gasteiger partial charge < -0.3 is 24.4 Å². The predicted octanol–water partition coefficient (Wildman–Crippen LogP) is 6.68. The van der Waals surface area contributed by atoms with Crippen LogP contribution in [0.25, 0.3) is 0 Å². The van der Waals surface area contributed by atoms with E-state index in [1.54, 1.807) is 19.2 Å². The topological polar surface area (TPSA) is 43.0 Å². The summed E-state index contributed by atoms with van der Waals surface area (Å²) in [6.45, 7) is 3.95. The highest BCUT2D eigenvalue weighted by Crippen LogP contribution is 2.34. The molecule has 0 saturated carbocycles. The highest BCUT2D eigenvalue weighted by Gasteiger charge is 2.15. The number of anilines is 2. The number of benzene rings is 3. The van der Waals surface area contributed by atoms with E-state index in [1.807, 2.05) is 42.5 Å². The molecular weight excluding hydrogens is 483 g/mol. The zero-order chi connectivity index (χ0) is 23.2. The first-order chi connectivity index (χ1) is 16.0. The van der Waals surface area contributed by atoms with Crippen molar-refractivity contribution in [1.82, 2.24) is 0 Å². The maximum atomic E-state index is 6.58. The van der Waals surface area contributed by atoms with Crippen molar-refractivity contribution in [3.63, 3.8) is 0 Å². The number of rotatable bonds is 8. The van der Waals surface area contributed by atoms with Crippen molar-refractivity contribution >= 4 is 46.2 Å². The smallest absolute Gasteiger partial charge is 0.166 e. The first-order valence-corrected chi connectivity index (χ1v) is 11.8. The zero-order valence-electron chi connectivity index (χ0n) is 18.2. The van der Waals surface area contributed by atoms with Gasteiger partial charge in [-0.1, -0.05) is 53.0 Å². The lowest BCUT2D eigenvalue weighted by atomic mass is 10.1. The van der Waals surface area contributed by atoms with Gasteiger partial charge in [-0.05, 0) is 36.4 Å². The van der Waals surface area contributed by atoms with E-state index >= 15 is 0 Å². The largest absolute Gasteiger partial charge is 0.493 e. The number of methoxy groups -OCH3 is 1. The van der Waals surface area contributed by atoms with Gasteiger partial charge in [-0.25, -0.2) is 0 Å². The normalized spacial score (nSPS) is 13.6. The van der Waals surface area contributed by atoms with Crippen LogP contribution in [0.3, 0.4) is 0 Å². The molecule has 5 nitrogen and oxygen atoms in total. The van der Waals surface area contributed by atoms with Gasteiger partial charge in [0.2, 0.25) is 0 Å². The third-order valence-electron chi connectivity index (χ3n) is 5.45. The Hall–Kier alpha value is -2.31. The molecule has 1 aliphatic heterocycles. The van der Waals surface area contributed by atoms with Crippen LogP contribution in [-0.4, -0.2) is 33.4 Å². The molecule has 0 spiro atoms. The second kappa shape index (κ2) is 11.2. The average molecular weight is 508 g/mol. The van der Waals surface area contributed by atoms with Crippen molar-refractivity contribution < 1.29 is 14.2 Å². The summed E-state index contributed by atoms with van der Waals surface area (Å²) in [6, 6.07) is 17.2. The molecule has 3 aromatic rings. The highest BCUT2D eigenvalue weighted by atomic mass is 35.5. The molecule has 1 N–H and O–H groups in total. The first kappa shape index (κ1) is 23.8.